The van der Waals surface area contributed by atoms with E-state index in [2.05, 4.69) is 0 Å². The Hall–Kier alpha value is -2.88. The summed E-state index contributed by atoms with van der Waals surface area (Å²) in [7, 11) is 0. The largest absolute Gasteiger partial charge is 0.488 e. The van der Waals surface area contributed by atoms with Crippen molar-refractivity contribution in [2.45, 2.75) is 6.61 Å². The van der Waals surface area contributed by atoms with Gasteiger partial charge in [0.2, 0.25) is 0 Å². The number of halogens is 3. The van der Waals surface area contributed by atoms with Crippen LogP contribution in [0.2, 0.25) is 10.0 Å². The SMILES string of the molecule is O=C(/C=C/c1ccccc1OCc1ccc(F)cc1)/C=C/c1cccc(Cl)c1Cl. The second-order valence-corrected chi connectivity index (χ2v) is 6.95. The fourth-order valence-corrected chi connectivity index (χ4v) is 2.91. The van der Waals surface area contributed by atoms with E-state index < -0.39 is 0 Å². The number of benzene rings is 3. The second-order valence-electron chi connectivity index (χ2n) is 6.17. The fourth-order valence-electron chi connectivity index (χ4n) is 2.54. The molecule has 0 aliphatic rings. The maximum atomic E-state index is 13.0. The van der Waals surface area contributed by atoms with Gasteiger partial charge in [-0.15, -0.1) is 0 Å². The van der Waals surface area contributed by atoms with Gasteiger partial charge in [-0.2, -0.15) is 0 Å². The van der Waals surface area contributed by atoms with Gasteiger partial charge in [-0.25, -0.2) is 4.39 Å². The number of rotatable bonds is 7. The minimum atomic E-state index is -0.289. The number of ketones is 1. The molecule has 0 saturated heterocycles. The Morgan fingerprint density at radius 3 is 2.28 bits per heavy atom. The zero-order valence-electron chi connectivity index (χ0n) is 15.3. The number of para-hydroxylation sites is 1. The standard InChI is InChI=1S/C24H17Cl2FO2/c25-22-6-3-5-19(24(22)26)11-15-21(28)14-10-18-4-1-2-7-23(18)29-16-17-8-12-20(27)13-9-17/h1-15H,16H2/b14-10+,15-11+. The van der Waals surface area contributed by atoms with Crippen LogP contribution in [0, 0.1) is 5.82 Å². The third-order valence-electron chi connectivity index (χ3n) is 4.06. The van der Waals surface area contributed by atoms with Crippen LogP contribution in [-0.2, 0) is 11.4 Å². The lowest BCUT2D eigenvalue weighted by Gasteiger charge is -2.09. The van der Waals surface area contributed by atoms with Crippen LogP contribution in [-0.4, -0.2) is 5.78 Å². The van der Waals surface area contributed by atoms with E-state index in [0.29, 0.717) is 28.0 Å². The Morgan fingerprint density at radius 1 is 0.862 bits per heavy atom. The summed E-state index contributed by atoms with van der Waals surface area (Å²) in [5.74, 6) is 0.139. The maximum absolute atomic E-state index is 13.0. The van der Waals surface area contributed by atoms with Gasteiger partial charge in [0.05, 0.1) is 10.0 Å². The summed E-state index contributed by atoms with van der Waals surface area (Å²) in [4.78, 5) is 12.2. The minimum absolute atomic E-state index is 0.200. The third kappa shape index (κ3) is 6.05. The summed E-state index contributed by atoms with van der Waals surface area (Å²) in [6, 6.07) is 18.7. The lowest BCUT2D eigenvalue weighted by Crippen LogP contribution is -1.97. The second kappa shape index (κ2) is 10.1. The molecule has 146 valence electrons. The van der Waals surface area contributed by atoms with E-state index in [-0.39, 0.29) is 11.6 Å². The van der Waals surface area contributed by atoms with Crippen LogP contribution in [0.5, 0.6) is 5.75 Å². The topological polar surface area (TPSA) is 26.3 Å². The van der Waals surface area contributed by atoms with Gasteiger partial charge in [0.1, 0.15) is 18.2 Å². The molecule has 0 unspecified atom stereocenters. The molecule has 0 aromatic heterocycles. The van der Waals surface area contributed by atoms with E-state index in [4.69, 9.17) is 27.9 Å². The van der Waals surface area contributed by atoms with E-state index in [1.807, 2.05) is 24.3 Å². The van der Waals surface area contributed by atoms with Gasteiger partial charge >= 0.3 is 0 Å². The van der Waals surface area contributed by atoms with Crippen LogP contribution in [0.3, 0.4) is 0 Å². The van der Waals surface area contributed by atoms with Gasteiger partial charge in [0.15, 0.2) is 5.78 Å². The molecule has 3 aromatic rings. The highest BCUT2D eigenvalue weighted by Crippen LogP contribution is 2.26. The van der Waals surface area contributed by atoms with Crippen molar-refractivity contribution in [3.8, 4) is 5.75 Å². The smallest absolute Gasteiger partial charge is 0.178 e. The highest BCUT2D eigenvalue weighted by molar-refractivity contribution is 6.42. The molecule has 0 atom stereocenters. The summed E-state index contributed by atoms with van der Waals surface area (Å²) < 4.78 is 18.8. The summed E-state index contributed by atoms with van der Waals surface area (Å²) in [5.41, 5.74) is 2.28. The zero-order valence-corrected chi connectivity index (χ0v) is 16.8. The molecule has 0 aliphatic carbocycles. The van der Waals surface area contributed by atoms with Crippen LogP contribution >= 0.6 is 23.2 Å². The van der Waals surface area contributed by atoms with Crippen molar-refractivity contribution in [1.82, 2.24) is 0 Å². The van der Waals surface area contributed by atoms with Gasteiger partial charge in [-0.3, -0.25) is 4.79 Å². The first-order valence-corrected chi connectivity index (χ1v) is 9.59. The predicted octanol–water partition coefficient (Wildman–Crippen LogP) is 7.01. The van der Waals surface area contributed by atoms with Crippen LogP contribution in [0.1, 0.15) is 16.7 Å². The van der Waals surface area contributed by atoms with E-state index in [0.717, 1.165) is 11.1 Å². The molecule has 0 saturated carbocycles. The monoisotopic (exact) mass is 426 g/mol. The number of carbonyl (C=O) groups is 1. The van der Waals surface area contributed by atoms with Gasteiger partial charge in [0.25, 0.3) is 0 Å². The van der Waals surface area contributed by atoms with E-state index in [9.17, 15) is 9.18 Å². The fraction of sp³-hybridized carbons (Fsp3) is 0.0417. The van der Waals surface area contributed by atoms with Crippen molar-refractivity contribution in [2.24, 2.45) is 0 Å². The zero-order chi connectivity index (χ0) is 20.6. The number of ether oxygens (including phenoxy) is 1. The van der Waals surface area contributed by atoms with Crippen molar-refractivity contribution in [1.29, 1.82) is 0 Å². The van der Waals surface area contributed by atoms with Crippen molar-refractivity contribution >= 4 is 41.1 Å². The van der Waals surface area contributed by atoms with Gasteiger partial charge in [-0.1, -0.05) is 65.7 Å². The normalized spacial score (nSPS) is 11.3. The molecule has 2 nitrogen and oxygen atoms in total. The Balaban J connectivity index is 1.67. The van der Waals surface area contributed by atoms with Crippen LogP contribution < -0.4 is 4.74 Å². The molecule has 0 amide bonds. The minimum Gasteiger partial charge on any atom is -0.488 e. The molecular formula is C24H17Cl2FO2. The highest BCUT2D eigenvalue weighted by atomic mass is 35.5. The molecule has 0 bridgehead atoms. The predicted molar refractivity (Wildman–Crippen MR) is 117 cm³/mol. The van der Waals surface area contributed by atoms with Crippen molar-refractivity contribution in [2.75, 3.05) is 0 Å². The van der Waals surface area contributed by atoms with Gasteiger partial charge < -0.3 is 4.74 Å². The maximum Gasteiger partial charge on any atom is 0.178 e. The first-order chi connectivity index (χ1) is 14.0. The molecule has 0 radical (unpaired) electrons. The van der Waals surface area contributed by atoms with Gasteiger partial charge in [0, 0.05) is 5.56 Å². The Bertz CT molecular complexity index is 1060. The third-order valence-corrected chi connectivity index (χ3v) is 4.90. The molecule has 0 spiro atoms. The Labute approximate surface area is 178 Å². The molecule has 0 fully saturated rings. The summed E-state index contributed by atoms with van der Waals surface area (Å²) in [6.07, 6.45) is 6.19. The highest BCUT2D eigenvalue weighted by Gasteiger charge is 2.03. The molecule has 3 rings (SSSR count). The molecule has 0 aliphatic heterocycles. The molecule has 0 N–H and O–H groups in total. The quantitative estimate of drug-likeness (QED) is 0.379. The van der Waals surface area contributed by atoms with Gasteiger partial charge in [-0.05, 0) is 59.7 Å². The first kappa shape index (κ1) is 20.8. The molecule has 0 heterocycles. The van der Waals surface area contributed by atoms with E-state index in [1.165, 1.54) is 24.3 Å². The number of carbonyl (C=O) groups excluding carboxylic acids is 1. The van der Waals surface area contributed by atoms with Crippen molar-refractivity contribution < 1.29 is 13.9 Å². The van der Waals surface area contributed by atoms with Crippen molar-refractivity contribution in [3.05, 3.63) is 111 Å². The van der Waals surface area contributed by atoms with E-state index >= 15 is 0 Å². The Kier molecular flexibility index (Phi) is 7.23. The molecule has 3 aromatic carbocycles. The Morgan fingerprint density at radius 2 is 1.52 bits per heavy atom. The average molecular weight is 427 g/mol. The lowest BCUT2D eigenvalue weighted by molar-refractivity contribution is -0.110. The van der Waals surface area contributed by atoms with Crippen LogP contribution in [0.15, 0.2) is 78.9 Å². The molecule has 29 heavy (non-hydrogen) atoms. The number of hydrogen-bond acceptors (Lipinski definition) is 2. The number of hydrogen-bond donors (Lipinski definition) is 0. The average Bonchev–Trinajstić information content (AvgIpc) is 2.73. The molecule has 5 heteroatoms. The summed E-state index contributed by atoms with van der Waals surface area (Å²) in [6.45, 7) is 0.298. The van der Waals surface area contributed by atoms with Crippen LogP contribution in [0.25, 0.3) is 12.2 Å². The number of allylic oxidation sites excluding steroid dienone is 2. The van der Waals surface area contributed by atoms with E-state index in [1.54, 1.807) is 42.5 Å². The molecular weight excluding hydrogens is 410 g/mol. The first-order valence-electron chi connectivity index (χ1n) is 8.83. The summed E-state index contributed by atoms with van der Waals surface area (Å²) >= 11 is 12.1. The van der Waals surface area contributed by atoms with Crippen molar-refractivity contribution in [3.63, 3.8) is 0 Å². The van der Waals surface area contributed by atoms with Crippen LogP contribution in [0.4, 0.5) is 4.39 Å². The lowest BCUT2D eigenvalue weighted by atomic mass is 10.1. The summed E-state index contributed by atoms with van der Waals surface area (Å²) in [5, 5.41) is 0.839.